The lowest BCUT2D eigenvalue weighted by molar-refractivity contribution is -0.0204. The molecule has 84 valence electrons. The Kier molecular flexibility index (Phi) is 4.19. The van der Waals surface area contributed by atoms with Crippen LogP contribution in [0.4, 0.5) is 5.95 Å². The molecule has 1 aromatic rings. The van der Waals surface area contributed by atoms with E-state index < -0.39 is 11.9 Å². The van der Waals surface area contributed by atoms with Gasteiger partial charge in [-0.1, -0.05) is 6.92 Å². The minimum atomic E-state index is -0.507. The molecule has 0 fully saturated rings. The molecule has 3 N–H and O–H groups in total. The molecule has 1 heterocycles. The van der Waals surface area contributed by atoms with Crippen LogP contribution in [0.15, 0.2) is 11.1 Å². The van der Waals surface area contributed by atoms with E-state index in [0.717, 1.165) is 0 Å². The van der Waals surface area contributed by atoms with Crippen LogP contribution in [0, 0.1) is 0 Å². The Balaban J connectivity index is 2.87. The number of aromatic nitrogens is 3. The molecule has 7 nitrogen and oxygen atoms in total. The molecule has 0 saturated carbocycles. The third-order valence-corrected chi connectivity index (χ3v) is 1.81. The van der Waals surface area contributed by atoms with Crippen molar-refractivity contribution in [3.8, 4) is 0 Å². The maximum absolute atomic E-state index is 11.4. The molecule has 0 saturated heterocycles. The number of anilines is 1. The van der Waals surface area contributed by atoms with Crippen LogP contribution in [-0.2, 0) is 4.74 Å². The Bertz CT molecular complexity index is 365. The highest BCUT2D eigenvalue weighted by Gasteiger charge is 2.11. The lowest BCUT2D eigenvalue weighted by Crippen LogP contribution is -2.29. The fraction of sp³-hybridized carbons (Fsp3) is 0.625. The molecule has 0 unspecified atom stereocenters. The van der Waals surface area contributed by atoms with E-state index in [4.69, 9.17) is 15.6 Å². The van der Waals surface area contributed by atoms with Gasteiger partial charge in [0.25, 0.3) is 0 Å². The van der Waals surface area contributed by atoms with E-state index >= 15 is 0 Å². The number of hydrogen-bond acceptors (Lipinski definition) is 6. The molecule has 0 bridgehead atoms. The Hall–Kier alpha value is -1.47. The van der Waals surface area contributed by atoms with Crippen LogP contribution in [0.5, 0.6) is 0 Å². The fourth-order valence-corrected chi connectivity index (χ4v) is 1.14. The van der Waals surface area contributed by atoms with Gasteiger partial charge in [0.05, 0.1) is 13.2 Å². The molecular weight excluding hydrogens is 200 g/mol. The van der Waals surface area contributed by atoms with Crippen LogP contribution in [0.3, 0.4) is 0 Å². The molecule has 0 radical (unpaired) electrons. The van der Waals surface area contributed by atoms with Crippen molar-refractivity contribution in [1.82, 2.24) is 14.5 Å². The molecule has 0 spiro atoms. The van der Waals surface area contributed by atoms with Crippen LogP contribution in [0.25, 0.3) is 0 Å². The van der Waals surface area contributed by atoms with Crippen molar-refractivity contribution in [3.05, 3.63) is 16.8 Å². The molecule has 0 aliphatic heterocycles. The summed E-state index contributed by atoms with van der Waals surface area (Å²) in [5, 5.41) is 8.61. The maximum Gasteiger partial charge on any atom is 0.354 e. The summed E-state index contributed by atoms with van der Waals surface area (Å²) in [6, 6.07) is 0. The molecule has 15 heavy (non-hydrogen) atoms. The summed E-state index contributed by atoms with van der Waals surface area (Å²) >= 11 is 0. The first-order valence-electron chi connectivity index (χ1n) is 4.62. The summed E-state index contributed by atoms with van der Waals surface area (Å²) in [4.78, 5) is 18.6. The minimum Gasteiger partial charge on any atom is -0.394 e. The highest BCUT2D eigenvalue weighted by molar-refractivity contribution is 5.09. The van der Waals surface area contributed by atoms with Gasteiger partial charge in [-0.25, -0.2) is 9.78 Å². The van der Waals surface area contributed by atoms with Gasteiger partial charge in [0.15, 0.2) is 0 Å². The zero-order valence-corrected chi connectivity index (χ0v) is 8.46. The first-order chi connectivity index (χ1) is 7.19. The Morgan fingerprint density at radius 2 is 2.47 bits per heavy atom. The number of nitrogens with zero attached hydrogens (tertiary/aromatic N) is 3. The summed E-state index contributed by atoms with van der Waals surface area (Å²) in [5.74, 6) is -0.0618. The predicted octanol–water partition coefficient (Wildman–Crippen LogP) is -0.862. The van der Waals surface area contributed by atoms with Crippen LogP contribution in [0.2, 0.25) is 0 Å². The first-order valence-corrected chi connectivity index (χ1v) is 4.62. The van der Waals surface area contributed by atoms with Gasteiger partial charge in [-0.05, 0) is 6.42 Å². The third kappa shape index (κ3) is 3.00. The fourth-order valence-electron chi connectivity index (χ4n) is 1.14. The topological polar surface area (TPSA) is 103 Å². The Morgan fingerprint density at radius 1 is 1.73 bits per heavy atom. The van der Waals surface area contributed by atoms with Gasteiger partial charge < -0.3 is 15.6 Å². The standard InChI is InChI=1S/C8H14N4O3/c1-2-6(15-4-3-13)12-5-10-7(9)11-8(12)14/h5-6,13H,2-4H2,1H3,(H2,9,11,14)/t6-/m1/s1. The summed E-state index contributed by atoms with van der Waals surface area (Å²) in [6.07, 6.45) is 1.40. The van der Waals surface area contributed by atoms with Crippen LogP contribution >= 0.6 is 0 Å². The van der Waals surface area contributed by atoms with Crippen molar-refractivity contribution in [3.63, 3.8) is 0 Å². The molecule has 7 heteroatoms. The highest BCUT2D eigenvalue weighted by atomic mass is 16.5. The van der Waals surface area contributed by atoms with Crippen molar-refractivity contribution in [2.75, 3.05) is 18.9 Å². The minimum absolute atomic E-state index is 0.0618. The average molecular weight is 214 g/mol. The van der Waals surface area contributed by atoms with E-state index in [2.05, 4.69) is 9.97 Å². The average Bonchev–Trinajstić information content (AvgIpc) is 2.21. The largest absolute Gasteiger partial charge is 0.394 e. The summed E-state index contributed by atoms with van der Waals surface area (Å²) in [5.41, 5.74) is 4.75. The Morgan fingerprint density at radius 3 is 3.00 bits per heavy atom. The lowest BCUT2D eigenvalue weighted by atomic mass is 10.4. The SMILES string of the molecule is CC[C@@H](OCCO)n1cnc(N)nc1=O. The normalized spacial score (nSPS) is 12.7. The smallest absolute Gasteiger partial charge is 0.354 e. The zero-order chi connectivity index (χ0) is 11.3. The molecule has 0 aliphatic rings. The number of aliphatic hydroxyl groups is 1. The van der Waals surface area contributed by atoms with E-state index in [9.17, 15) is 4.79 Å². The van der Waals surface area contributed by atoms with Gasteiger partial charge in [0.2, 0.25) is 5.95 Å². The van der Waals surface area contributed by atoms with Crippen LogP contribution < -0.4 is 11.4 Å². The first kappa shape index (κ1) is 11.6. The van der Waals surface area contributed by atoms with Gasteiger partial charge >= 0.3 is 5.69 Å². The highest BCUT2D eigenvalue weighted by Crippen LogP contribution is 2.08. The molecule has 0 aromatic carbocycles. The van der Waals surface area contributed by atoms with Crippen molar-refractivity contribution in [1.29, 1.82) is 0 Å². The second kappa shape index (κ2) is 5.42. The Labute approximate surface area is 86.5 Å². The second-order valence-electron chi connectivity index (χ2n) is 2.86. The van der Waals surface area contributed by atoms with E-state index in [-0.39, 0.29) is 19.2 Å². The molecular formula is C8H14N4O3. The van der Waals surface area contributed by atoms with Crippen molar-refractivity contribution < 1.29 is 9.84 Å². The van der Waals surface area contributed by atoms with E-state index in [0.29, 0.717) is 6.42 Å². The molecule has 1 aromatic heterocycles. The third-order valence-electron chi connectivity index (χ3n) is 1.81. The number of hydrogen-bond donors (Lipinski definition) is 2. The van der Waals surface area contributed by atoms with Gasteiger partial charge in [0.1, 0.15) is 12.6 Å². The number of aliphatic hydroxyl groups excluding tert-OH is 1. The lowest BCUT2D eigenvalue weighted by Gasteiger charge is -2.16. The van der Waals surface area contributed by atoms with Gasteiger partial charge in [-0.15, -0.1) is 0 Å². The van der Waals surface area contributed by atoms with Crippen LogP contribution in [0.1, 0.15) is 19.6 Å². The van der Waals surface area contributed by atoms with Gasteiger partial charge in [0, 0.05) is 0 Å². The number of nitrogens with two attached hydrogens (primary N) is 1. The monoisotopic (exact) mass is 214 g/mol. The number of nitrogen functional groups attached to an aromatic ring is 1. The summed E-state index contributed by atoms with van der Waals surface area (Å²) < 4.78 is 6.48. The van der Waals surface area contributed by atoms with E-state index in [1.165, 1.54) is 10.9 Å². The van der Waals surface area contributed by atoms with Gasteiger partial charge in [-0.3, -0.25) is 4.57 Å². The molecule has 0 amide bonds. The summed E-state index contributed by atoms with van der Waals surface area (Å²) in [6.45, 7) is 1.92. The van der Waals surface area contributed by atoms with Crippen molar-refractivity contribution in [2.24, 2.45) is 0 Å². The second-order valence-corrected chi connectivity index (χ2v) is 2.86. The molecule has 0 aliphatic carbocycles. The predicted molar refractivity (Wildman–Crippen MR) is 53.1 cm³/mol. The number of ether oxygens (including phenoxy) is 1. The molecule has 1 atom stereocenters. The van der Waals surface area contributed by atoms with Crippen LogP contribution in [-0.4, -0.2) is 32.9 Å². The molecule has 1 rings (SSSR count). The van der Waals surface area contributed by atoms with Crippen molar-refractivity contribution >= 4 is 5.95 Å². The quantitative estimate of drug-likeness (QED) is 0.661. The van der Waals surface area contributed by atoms with E-state index in [1.807, 2.05) is 6.92 Å². The van der Waals surface area contributed by atoms with Crippen molar-refractivity contribution in [2.45, 2.75) is 19.6 Å². The maximum atomic E-state index is 11.4. The van der Waals surface area contributed by atoms with E-state index in [1.54, 1.807) is 0 Å². The number of rotatable bonds is 5. The zero-order valence-electron chi connectivity index (χ0n) is 8.46. The van der Waals surface area contributed by atoms with Gasteiger partial charge in [-0.2, -0.15) is 4.98 Å². The summed E-state index contributed by atoms with van der Waals surface area (Å²) in [7, 11) is 0.